The zero-order valence-corrected chi connectivity index (χ0v) is 19.0. The number of hydrogen-bond donors (Lipinski definition) is 7. The van der Waals surface area contributed by atoms with Crippen molar-refractivity contribution < 1.29 is 34.5 Å². The Kier molecular flexibility index (Phi) is 11.5. The van der Waals surface area contributed by atoms with Gasteiger partial charge >= 0.3 is 5.97 Å². The Bertz CT molecular complexity index is 803. The highest BCUT2D eigenvalue weighted by Gasteiger charge is 2.32. The number of nitrogens with one attached hydrogen (secondary N) is 3. The van der Waals surface area contributed by atoms with Crippen LogP contribution in [0.25, 0.3) is 0 Å². The van der Waals surface area contributed by atoms with Crippen molar-refractivity contribution in [2.75, 3.05) is 6.61 Å². The number of amides is 3. The lowest BCUT2D eigenvalue weighted by Crippen LogP contribution is -2.59. The Hall–Kier alpha value is -3.02. The molecule has 6 atom stereocenters. The van der Waals surface area contributed by atoms with E-state index in [0.29, 0.717) is 12.0 Å². The summed E-state index contributed by atoms with van der Waals surface area (Å²) in [5.74, 6) is -3.91. The fraction of sp³-hybridized carbons (Fsp3) is 0.545. The van der Waals surface area contributed by atoms with Crippen molar-refractivity contribution in [1.29, 1.82) is 0 Å². The highest BCUT2D eigenvalue weighted by atomic mass is 16.4. The molecular weight excluding hydrogens is 432 g/mol. The number of carbonyl (C=O) groups excluding carboxylic acids is 3. The van der Waals surface area contributed by atoms with Gasteiger partial charge < -0.3 is 37.0 Å². The zero-order valence-electron chi connectivity index (χ0n) is 19.0. The van der Waals surface area contributed by atoms with Crippen LogP contribution in [0.5, 0.6) is 0 Å². The van der Waals surface area contributed by atoms with Gasteiger partial charge in [-0.2, -0.15) is 0 Å². The molecule has 0 saturated heterocycles. The number of benzene rings is 1. The first kappa shape index (κ1) is 28.0. The molecule has 0 radical (unpaired) electrons. The molecule has 0 spiro atoms. The van der Waals surface area contributed by atoms with E-state index < -0.39 is 60.6 Å². The third-order valence-corrected chi connectivity index (χ3v) is 5.34. The van der Waals surface area contributed by atoms with Crippen LogP contribution in [0.15, 0.2) is 30.3 Å². The Morgan fingerprint density at radius 2 is 1.48 bits per heavy atom. The molecule has 184 valence electrons. The summed E-state index contributed by atoms with van der Waals surface area (Å²) in [6.07, 6.45) is -0.743. The molecule has 1 aromatic rings. The summed E-state index contributed by atoms with van der Waals surface area (Å²) in [5.41, 5.74) is 6.54. The van der Waals surface area contributed by atoms with E-state index in [2.05, 4.69) is 16.0 Å². The molecule has 11 nitrogen and oxygen atoms in total. The molecule has 0 saturated carbocycles. The highest BCUT2D eigenvalue weighted by molar-refractivity contribution is 5.94. The molecule has 0 bridgehead atoms. The minimum atomic E-state index is -1.59. The number of aliphatic hydroxyl groups is 2. The first-order chi connectivity index (χ1) is 15.5. The van der Waals surface area contributed by atoms with Crippen molar-refractivity contribution in [2.24, 2.45) is 11.7 Å². The van der Waals surface area contributed by atoms with E-state index in [4.69, 9.17) is 5.73 Å². The maximum absolute atomic E-state index is 12.8. The van der Waals surface area contributed by atoms with Crippen LogP contribution in [0.3, 0.4) is 0 Å². The molecule has 8 N–H and O–H groups in total. The molecule has 33 heavy (non-hydrogen) atoms. The number of carboxylic acid groups (broad SMARTS) is 1. The molecule has 0 aliphatic rings. The van der Waals surface area contributed by atoms with Crippen molar-refractivity contribution in [3.05, 3.63) is 35.9 Å². The maximum atomic E-state index is 12.8. The van der Waals surface area contributed by atoms with E-state index in [1.54, 1.807) is 37.3 Å². The summed E-state index contributed by atoms with van der Waals surface area (Å²) in [7, 11) is 0. The lowest BCUT2D eigenvalue weighted by Gasteiger charge is -2.26. The first-order valence-corrected chi connectivity index (χ1v) is 10.7. The van der Waals surface area contributed by atoms with Gasteiger partial charge in [-0.05, 0) is 18.4 Å². The quantitative estimate of drug-likeness (QED) is 0.183. The van der Waals surface area contributed by atoms with Crippen LogP contribution in [0, 0.1) is 5.92 Å². The molecule has 0 fully saturated rings. The number of nitrogens with two attached hydrogens (primary N) is 1. The summed E-state index contributed by atoms with van der Waals surface area (Å²) in [5, 5.41) is 35.5. The number of hydrogen-bond acceptors (Lipinski definition) is 7. The minimum Gasteiger partial charge on any atom is -0.480 e. The van der Waals surface area contributed by atoms with Crippen LogP contribution in [0.1, 0.15) is 32.8 Å². The van der Waals surface area contributed by atoms with Gasteiger partial charge in [0.2, 0.25) is 17.7 Å². The second-order valence-corrected chi connectivity index (χ2v) is 7.97. The molecule has 6 unspecified atom stereocenters. The zero-order chi connectivity index (χ0) is 25.1. The van der Waals surface area contributed by atoms with E-state index in [1.807, 2.05) is 6.92 Å². The van der Waals surface area contributed by atoms with Gasteiger partial charge in [0.15, 0.2) is 6.04 Å². The molecule has 3 amide bonds. The number of carbonyl (C=O) groups is 4. The van der Waals surface area contributed by atoms with E-state index >= 15 is 0 Å². The van der Waals surface area contributed by atoms with E-state index in [0.717, 1.165) is 0 Å². The van der Waals surface area contributed by atoms with Crippen molar-refractivity contribution in [1.82, 2.24) is 16.0 Å². The number of aliphatic carboxylic acids is 1. The molecule has 1 aromatic carbocycles. The maximum Gasteiger partial charge on any atom is 0.328 e. The van der Waals surface area contributed by atoms with Crippen molar-refractivity contribution in [2.45, 2.75) is 63.9 Å². The van der Waals surface area contributed by atoms with Crippen LogP contribution < -0.4 is 21.7 Å². The summed E-state index contributed by atoms with van der Waals surface area (Å²) in [4.78, 5) is 49.2. The number of rotatable bonds is 13. The molecule has 0 aliphatic carbocycles. The van der Waals surface area contributed by atoms with Crippen LogP contribution in [-0.2, 0) is 25.6 Å². The standard InChI is InChI=1S/C22H34N4O7/c1-4-12(2)17(23)21(31)25-16(11-27)20(30)24-15(10-14-8-6-5-7-9-14)19(29)26-18(13(3)28)22(32)33/h5-9,12-13,15-18,27-28H,4,10-11,23H2,1-3H3,(H,24,30)(H,25,31)(H,26,29)(H,32,33). The molecular formula is C22H34N4O7. The van der Waals surface area contributed by atoms with Gasteiger partial charge in [-0.1, -0.05) is 50.6 Å². The molecule has 11 heteroatoms. The highest BCUT2D eigenvalue weighted by Crippen LogP contribution is 2.07. The lowest BCUT2D eigenvalue weighted by molar-refractivity contribution is -0.145. The van der Waals surface area contributed by atoms with Crippen molar-refractivity contribution in [3.8, 4) is 0 Å². The van der Waals surface area contributed by atoms with Gasteiger partial charge in [0.25, 0.3) is 0 Å². The van der Waals surface area contributed by atoms with Gasteiger partial charge in [-0.3, -0.25) is 14.4 Å². The second kappa shape index (κ2) is 13.5. The van der Waals surface area contributed by atoms with Crippen LogP contribution >= 0.6 is 0 Å². The molecule has 1 rings (SSSR count). The van der Waals surface area contributed by atoms with Crippen molar-refractivity contribution >= 4 is 23.7 Å². The monoisotopic (exact) mass is 466 g/mol. The summed E-state index contributed by atoms with van der Waals surface area (Å²) < 4.78 is 0. The normalized spacial score (nSPS) is 16.4. The topological polar surface area (TPSA) is 191 Å². The average molecular weight is 467 g/mol. The lowest BCUT2D eigenvalue weighted by atomic mass is 9.99. The predicted molar refractivity (Wildman–Crippen MR) is 120 cm³/mol. The SMILES string of the molecule is CCC(C)C(N)C(=O)NC(CO)C(=O)NC(Cc1ccccc1)C(=O)NC(C(=O)O)C(C)O. The Labute approximate surface area is 192 Å². The summed E-state index contributed by atoms with van der Waals surface area (Å²) in [6, 6.07) is 3.57. The smallest absolute Gasteiger partial charge is 0.328 e. The van der Waals surface area contributed by atoms with Crippen LogP contribution in [-0.4, -0.2) is 75.9 Å². The van der Waals surface area contributed by atoms with Gasteiger partial charge in [0, 0.05) is 6.42 Å². The summed E-state index contributed by atoms with van der Waals surface area (Å²) in [6.45, 7) is 4.11. The first-order valence-electron chi connectivity index (χ1n) is 10.7. The Balaban J connectivity index is 3.02. The largest absolute Gasteiger partial charge is 0.480 e. The average Bonchev–Trinajstić information content (AvgIpc) is 2.79. The van der Waals surface area contributed by atoms with Gasteiger partial charge in [0.05, 0.1) is 18.8 Å². The van der Waals surface area contributed by atoms with Gasteiger partial charge in [-0.15, -0.1) is 0 Å². The number of carboxylic acids is 1. The fourth-order valence-electron chi connectivity index (χ4n) is 2.95. The molecule has 0 aromatic heterocycles. The minimum absolute atomic E-state index is 0.00302. The van der Waals surface area contributed by atoms with Gasteiger partial charge in [0.1, 0.15) is 12.1 Å². The third kappa shape index (κ3) is 8.79. The second-order valence-electron chi connectivity index (χ2n) is 7.97. The molecule has 0 heterocycles. The Morgan fingerprint density at radius 1 is 0.939 bits per heavy atom. The molecule has 0 aliphatic heterocycles. The number of aliphatic hydroxyl groups excluding tert-OH is 2. The summed E-state index contributed by atoms with van der Waals surface area (Å²) >= 11 is 0. The van der Waals surface area contributed by atoms with Crippen LogP contribution in [0.2, 0.25) is 0 Å². The van der Waals surface area contributed by atoms with Crippen molar-refractivity contribution in [3.63, 3.8) is 0 Å². The third-order valence-electron chi connectivity index (χ3n) is 5.34. The predicted octanol–water partition coefficient (Wildman–Crippen LogP) is -1.49. The van der Waals surface area contributed by atoms with E-state index in [-0.39, 0.29) is 12.3 Å². The van der Waals surface area contributed by atoms with E-state index in [1.165, 1.54) is 6.92 Å². The van der Waals surface area contributed by atoms with Gasteiger partial charge in [-0.25, -0.2) is 4.79 Å². The van der Waals surface area contributed by atoms with Crippen LogP contribution in [0.4, 0.5) is 0 Å². The Morgan fingerprint density at radius 3 is 1.97 bits per heavy atom. The fourth-order valence-corrected chi connectivity index (χ4v) is 2.95. The van der Waals surface area contributed by atoms with E-state index in [9.17, 15) is 34.5 Å².